The number of rotatable bonds is 8. The minimum Gasteiger partial charge on any atom is -0.350 e. The number of hydrogen-bond acceptors (Lipinski definition) is 6. The minimum atomic E-state index is -3.59. The summed E-state index contributed by atoms with van der Waals surface area (Å²) < 4.78 is 26.4. The Bertz CT molecular complexity index is 1690. The lowest BCUT2D eigenvalue weighted by Gasteiger charge is -2.36. The first-order valence-electron chi connectivity index (χ1n) is 13.8. The van der Waals surface area contributed by atoms with E-state index in [0.29, 0.717) is 34.7 Å². The molecule has 1 aliphatic heterocycles. The molecule has 0 unspecified atom stereocenters. The number of carbonyl (C=O) groups is 1. The van der Waals surface area contributed by atoms with E-state index in [1.165, 1.54) is 24.0 Å². The molecule has 2 N–H and O–H groups in total. The summed E-state index contributed by atoms with van der Waals surface area (Å²) in [5.41, 5.74) is 6.63. The fourth-order valence-corrected chi connectivity index (χ4v) is 6.09. The molecule has 2 aromatic heterocycles. The number of benzene rings is 1. The number of H-pyrrole nitrogens is 1. The lowest BCUT2D eigenvalue weighted by molar-refractivity contribution is 0.0950. The normalized spacial score (nSPS) is 13.7. The molecule has 4 rings (SSSR count). The van der Waals surface area contributed by atoms with Crippen LogP contribution in [0.2, 0.25) is 0 Å². The summed E-state index contributed by atoms with van der Waals surface area (Å²) in [6.45, 7) is 12.8. The van der Waals surface area contributed by atoms with Crippen LogP contribution in [-0.2, 0) is 16.6 Å². The number of hydrogen-bond donors (Lipinski definition) is 2. The van der Waals surface area contributed by atoms with E-state index in [1.807, 2.05) is 26.8 Å². The van der Waals surface area contributed by atoms with Crippen molar-refractivity contribution in [1.29, 1.82) is 0 Å². The van der Waals surface area contributed by atoms with Gasteiger partial charge in [-0.2, -0.15) is 0 Å². The summed E-state index contributed by atoms with van der Waals surface area (Å²) in [4.78, 5) is 36.7. The third-order valence-corrected chi connectivity index (χ3v) is 9.51. The van der Waals surface area contributed by atoms with E-state index in [9.17, 15) is 18.0 Å². The molecule has 3 heterocycles. The molecule has 0 fully saturated rings. The number of amides is 1. The van der Waals surface area contributed by atoms with Crippen LogP contribution in [0.4, 0.5) is 5.82 Å². The van der Waals surface area contributed by atoms with Gasteiger partial charge in [-0.05, 0) is 82.0 Å². The van der Waals surface area contributed by atoms with Gasteiger partial charge in [-0.15, -0.1) is 0 Å². The molecule has 1 aromatic carbocycles. The molecule has 9 nitrogen and oxygen atoms in total. The Morgan fingerprint density at radius 3 is 2.34 bits per heavy atom. The van der Waals surface area contributed by atoms with Gasteiger partial charge in [0.15, 0.2) is 0 Å². The first-order valence-corrected chi connectivity index (χ1v) is 15.2. The largest absolute Gasteiger partial charge is 0.350 e. The van der Waals surface area contributed by atoms with E-state index in [2.05, 4.69) is 36.0 Å². The van der Waals surface area contributed by atoms with Gasteiger partial charge in [0.2, 0.25) is 10.0 Å². The van der Waals surface area contributed by atoms with Crippen molar-refractivity contribution in [2.45, 2.75) is 65.4 Å². The van der Waals surface area contributed by atoms with Crippen LogP contribution in [0.3, 0.4) is 0 Å². The molecule has 41 heavy (non-hydrogen) atoms. The second kappa shape index (κ2) is 11.6. The van der Waals surface area contributed by atoms with Gasteiger partial charge in [-0.3, -0.25) is 9.59 Å². The third kappa shape index (κ3) is 5.85. The van der Waals surface area contributed by atoms with E-state index >= 15 is 0 Å². The molecular formula is C31H39N5O4S. The summed E-state index contributed by atoms with van der Waals surface area (Å²) in [5.74, 6) is 0.406. The second-order valence-corrected chi connectivity index (χ2v) is 13.1. The summed E-state index contributed by atoms with van der Waals surface area (Å²) in [5, 5.41) is 2.97. The lowest BCUT2D eigenvalue weighted by Crippen LogP contribution is -2.38. The van der Waals surface area contributed by atoms with E-state index in [4.69, 9.17) is 4.98 Å². The highest BCUT2D eigenvalue weighted by Gasteiger charge is 2.30. The van der Waals surface area contributed by atoms with Crippen molar-refractivity contribution < 1.29 is 13.2 Å². The van der Waals surface area contributed by atoms with Gasteiger partial charge in [-0.1, -0.05) is 19.1 Å². The Hall–Kier alpha value is -3.76. The molecule has 1 amide bonds. The molecule has 0 saturated carbocycles. The topological polar surface area (TPSA) is 115 Å². The zero-order chi connectivity index (χ0) is 30.2. The maximum Gasteiger partial charge on any atom is 0.253 e. The maximum absolute atomic E-state index is 13.9. The van der Waals surface area contributed by atoms with Crippen molar-refractivity contribution in [3.05, 3.63) is 80.3 Å². The van der Waals surface area contributed by atoms with Gasteiger partial charge < -0.3 is 15.2 Å². The van der Waals surface area contributed by atoms with Gasteiger partial charge in [0.25, 0.3) is 11.5 Å². The third-order valence-electron chi connectivity index (χ3n) is 7.68. The van der Waals surface area contributed by atoms with Gasteiger partial charge in [0.05, 0.1) is 16.2 Å². The van der Waals surface area contributed by atoms with Crippen LogP contribution < -0.4 is 15.8 Å². The average molecular weight is 578 g/mol. The van der Waals surface area contributed by atoms with E-state index in [-0.39, 0.29) is 28.9 Å². The number of aromatic amines is 1. The van der Waals surface area contributed by atoms with E-state index < -0.39 is 10.0 Å². The monoisotopic (exact) mass is 577 g/mol. The predicted octanol–water partition coefficient (Wildman–Crippen LogP) is 4.65. The van der Waals surface area contributed by atoms with Crippen LogP contribution in [0.5, 0.6) is 0 Å². The van der Waals surface area contributed by atoms with Gasteiger partial charge >= 0.3 is 0 Å². The average Bonchev–Trinajstić information content (AvgIpc) is 2.91. The highest BCUT2D eigenvalue weighted by atomic mass is 32.2. The number of anilines is 1. The van der Waals surface area contributed by atoms with Crippen LogP contribution in [-0.4, -0.2) is 55.3 Å². The number of aromatic nitrogens is 2. The molecule has 0 aliphatic carbocycles. The lowest BCUT2D eigenvalue weighted by atomic mass is 9.90. The van der Waals surface area contributed by atoms with Crippen LogP contribution in [0.25, 0.3) is 16.8 Å². The molecule has 0 saturated heterocycles. The Morgan fingerprint density at radius 2 is 1.78 bits per heavy atom. The number of sulfonamides is 1. The zero-order valence-electron chi connectivity index (χ0n) is 25.0. The van der Waals surface area contributed by atoms with Gasteiger partial charge in [0, 0.05) is 55.6 Å². The smallest absolute Gasteiger partial charge is 0.253 e. The first kappa shape index (κ1) is 30.2. The SMILES string of the molecule is CCC1=C(C)c2c(C(=O)NCc3c(C)cc(C)[nH]c3=O)cc(-c3ccc(S(=O)(=O)N(C)C)cc3)nc2N(C(C)C)C1. The quantitative estimate of drug-likeness (QED) is 0.403. The summed E-state index contributed by atoms with van der Waals surface area (Å²) in [6.07, 6.45) is 0.844. The standard InChI is InChI=1S/C31H39N5O4S/c1-9-22-17-36(18(2)3)29-28(21(22)6)25(30(37)32-16-26-19(4)14-20(5)33-31(26)38)15-27(34-29)23-10-12-24(13-11-23)41(39,40)35(7)8/h10-15,18H,9,16-17H2,1-8H3,(H,32,37)(H,33,38). The van der Waals surface area contributed by atoms with Crippen molar-refractivity contribution in [3.63, 3.8) is 0 Å². The molecule has 0 bridgehead atoms. The molecule has 3 aromatic rings. The van der Waals surface area contributed by atoms with Crippen LogP contribution in [0.1, 0.15) is 66.9 Å². The van der Waals surface area contributed by atoms with Crippen molar-refractivity contribution in [2.75, 3.05) is 25.5 Å². The van der Waals surface area contributed by atoms with Crippen LogP contribution >= 0.6 is 0 Å². The van der Waals surface area contributed by atoms with Gasteiger partial charge in [-0.25, -0.2) is 17.7 Å². The molecule has 0 spiro atoms. The molecule has 10 heteroatoms. The number of aryl methyl sites for hydroxylation is 2. The van der Waals surface area contributed by atoms with Crippen molar-refractivity contribution in [1.82, 2.24) is 19.6 Å². The Kier molecular flexibility index (Phi) is 8.56. The number of fused-ring (bicyclic) bond motifs is 1. The van der Waals surface area contributed by atoms with Crippen LogP contribution in [0.15, 0.2) is 51.7 Å². The molecule has 0 radical (unpaired) electrons. The predicted molar refractivity (Wildman–Crippen MR) is 164 cm³/mol. The Morgan fingerprint density at radius 1 is 1.12 bits per heavy atom. The fraction of sp³-hybridized carbons (Fsp3) is 0.387. The number of nitrogens with zero attached hydrogens (tertiary/aromatic N) is 3. The summed E-state index contributed by atoms with van der Waals surface area (Å²) >= 11 is 0. The van der Waals surface area contributed by atoms with E-state index in [0.717, 1.165) is 28.8 Å². The van der Waals surface area contributed by atoms with E-state index in [1.54, 1.807) is 30.3 Å². The van der Waals surface area contributed by atoms with Crippen LogP contribution in [0, 0.1) is 13.8 Å². The fourth-order valence-electron chi connectivity index (χ4n) is 5.19. The number of carbonyl (C=O) groups excluding carboxylic acids is 1. The summed E-state index contributed by atoms with van der Waals surface area (Å²) in [7, 11) is -0.601. The highest BCUT2D eigenvalue weighted by molar-refractivity contribution is 7.89. The van der Waals surface area contributed by atoms with Crippen molar-refractivity contribution >= 4 is 27.3 Å². The Labute approximate surface area is 242 Å². The van der Waals surface area contributed by atoms with Crippen molar-refractivity contribution in [3.8, 4) is 11.3 Å². The molecule has 1 aliphatic rings. The number of nitrogens with one attached hydrogen (secondary N) is 2. The highest BCUT2D eigenvalue weighted by Crippen LogP contribution is 2.40. The second-order valence-electron chi connectivity index (χ2n) is 11.0. The summed E-state index contributed by atoms with van der Waals surface area (Å²) in [6, 6.07) is 10.3. The maximum atomic E-state index is 13.9. The van der Waals surface area contributed by atoms with Crippen molar-refractivity contribution in [2.24, 2.45) is 0 Å². The zero-order valence-corrected chi connectivity index (χ0v) is 25.9. The number of pyridine rings is 2. The number of allylic oxidation sites excluding steroid dienone is 1. The van der Waals surface area contributed by atoms with Gasteiger partial charge in [0.1, 0.15) is 5.82 Å². The first-order chi connectivity index (χ1) is 19.3. The molecule has 0 atom stereocenters. The minimum absolute atomic E-state index is 0.0844. The Balaban J connectivity index is 1.85. The molecular weight excluding hydrogens is 538 g/mol. The molecule has 218 valence electrons.